The first-order valence-electron chi connectivity index (χ1n) is 8.95. The molecule has 142 valence electrons. The zero-order valence-corrected chi connectivity index (χ0v) is 16.3. The van der Waals surface area contributed by atoms with Crippen LogP contribution in [-0.2, 0) is 4.79 Å². The molecule has 3 rings (SSSR count). The summed E-state index contributed by atoms with van der Waals surface area (Å²) in [5.74, 6) is 0.874. The summed E-state index contributed by atoms with van der Waals surface area (Å²) in [6.45, 7) is 7.68. The van der Waals surface area contributed by atoms with E-state index in [1.807, 2.05) is 32.9 Å². The summed E-state index contributed by atoms with van der Waals surface area (Å²) in [4.78, 5) is 19.0. The number of hydrogen-bond acceptors (Lipinski definition) is 5. The quantitative estimate of drug-likeness (QED) is 0.401. The van der Waals surface area contributed by atoms with Crippen molar-refractivity contribution in [2.24, 2.45) is 0 Å². The van der Waals surface area contributed by atoms with Crippen molar-refractivity contribution in [2.75, 3.05) is 6.61 Å². The molecule has 0 bridgehead atoms. The average molecular weight is 375 g/mol. The molecule has 0 amide bonds. The lowest BCUT2D eigenvalue weighted by Gasteiger charge is -2.10. The van der Waals surface area contributed by atoms with Crippen molar-refractivity contribution in [1.29, 1.82) is 5.26 Å². The minimum absolute atomic E-state index is 0.347. The zero-order chi connectivity index (χ0) is 20.3. The van der Waals surface area contributed by atoms with Crippen molar-refractivity contribution < 1.29 is 14.3 Å². The minimum Gasteiger partial charge on any atom is -0.490 e. The lowest BCUT2D eigenvalue weighted by Crippen LogP contribution is -2.04. The Morgan fingerprint density at radius 2 is 1.96 bits per heavy atom. The normalized spacial score (nSPS) is 11.3. The molecule has 0 spiro atoms. The van der Waals surface area contributed by atoms with Crippen LogP contribution in [0.15, 0.2) is 30.3 Å². The van der Waals surface area contributed by atoms with Crippen molar-refractivity contribution in [3.05, 3.63) is 52.8 Å². The number of ether oxygens (including phenoxy) is 2. The van der Waals surface area contributed by atoms with Gasteiger partial charge in [0, 0.05) is 6.92 Å². The first-order chi connectivity index (χ1) is 13.4. The van der Waals surface area contributed by atoms with E-state index in [1.54, 1.807) is 24.3 Å². The molecule has 3 aromatic rings. The van der Waals surface area contributed by atoms with Crippen LogP contribution in [0.3, 0.4) is 0 Å². The molecule has 1 aromatic heterocycles. The highest BCUT2D eigenvalue weighted by Gasteiger charge is 2.12. The Balaban J connectivity index is 2.01. The molecule has 0 unspecified atom stereocenters. The third kappa shape index (κ3) is 4.04. The van der Waals surface area contributed by atoms with Crippen LogP contribution >= 0.6 is 0 Å². The fourth-order valence-corrected chi connectivity index (χ4v) is 2.84. The van der Waals surface area contributed by atoms with Gasteiger partial charge < -0.3 is 14.5 Å². The maximum atomic E-state index is 11.3. The number of nitriles is 1. The minimum atomic E-state index is -0.421. The maximum Gasteiger partial charge on any atom is 0.308 e. The number of benzene rings is 2. The van der Waals surface area contributed by atoms with Crippen LogP contribution in [0.5, 0.6) is 11.5 Å². The second-order valence-electron chi connectivity index (χ2n) is 6.44. The smallest absolute Gasteiger partial charge is 0.308 e. The highest BCUT2D eigenvalue weighted by atomic mass is 16.6. The van der Waals surface area contributed by atoms with Gasteiger partial charge in [0.2, 0.25) is 0 Å². The monoisotopic (exact) mass is 375 g/mol. The van der Waals surface area contributed by atoms with Gasteiger partial charge in [0.1, 0.15) is 11.9 Å². The molecule has 0 aliphatic carbocycles. The molecular weight excluding hydrogens is 354 g/mol. The molecule has 1 N–H and O–H groups in total. The van der Waals surface area contributed by atoms with Gasteiger partial charge in [-0.15, -0.1) is 0 Å². The van der Waals surface area contributed by atoms with E-state index in [9.17, 15) is 10.1 Å². The zero-order valence-electron chi connectivity index (χ0n) is 16.3. The van der Waals surface area contributed by atoms with Crippen molar-refractivity contribution in [2.45, 2.75) is 27.7 Å². The van der Waals surface area contributed by atoms with E-state index >= 15 is 0 Å². The van der Waals surface area contributed by atoms with Crippen molar-refractivity contribution >= 4 is 28.7 Å². The fourth-order valence-electron chi connectivity index (χ4n) is 2.84. The van der Waals surface area contributed by atoms with E-state index in [0.29, 0.717) is 29.5 Å². The van der Waals surface area contributed by atoms with Gasteiger partial charge in [-0.1, -0.05) is 6.07 Å². The second-order valence-corrected chi connectivity index (χ2v) is 6.44. The summed E-state index contributed by atoms with van der Waals surface area (Å²) in [6.07, 6.45) is 1.72. The van der Waals surface area contributed by atoms with E-state index in [1.165, 1.54) is 6.92 Å². The topological polar surface area (TPSA) is 88.0 Å². The molecule has 0 saturated heterocycles. The largest absolute Gasteiger partial charge is 0.490 e. The fraction of sp³-hybridized carbons (Fsp3) is 0.227. The highest BCUT2D eigenvalue weighted by Crippen LogP contribution is 2.30. The lowest BCUT2D eigenvalue weighted by atomic mass is 10.1. The number of imidazole rings is 1. The number of nitrogens with zero attached hydrogens (tertiary/aromatic N) is 2. The predicted octanol–water partition coefficient (Wildman–Crippen LogP) is 4.57. The van der Waals surface area contributed by atoms with E-state index in [0.717, 1.165) is 27.7 Å². The van der Waals surface area contributed by atoms with Gasteiger partial charge in [0.05, 0.1) is 23.2 Å². The molecule has 0 aliphatic heterocycles. The summed E-state index contributed by atoms with van der Waals surface area (Å²) in [5.41, 5.74) is 5.15. The van der Waals surface area contributed by atoms with Crippen LogP contribution < -0.4 is 9.47 Å². The Hall–Kier alpha value is -3.59. The number of carbonyl (C=O) groups excluding carboxylic acids is 1. The van der Waals surface area contributed by atoms with Crippen molar-refractivity contribution in [1.82, 2.24) is 9.97 Å². The molecule has 6 heteroatoms. The van der Waals surface area contributed by atoms with Crippen LogP contribution in [0, 0.1) is 25.2 Å². The molecular formula is C22H21N3O3. The number of esters is 1. The number of rotatable bonds is 5. The predicted molar refractivity (Wildman–Crippen MR) is 108 cm³/mol. The Bertz CT molecular complexity index is 1080. The Morgan fingerprint density at radius 1 is 1.21 bits per heavy atom. The highest BCUT2D eigenvalue weighted by molar-refractivity contribution is 5.90. The van der Waals surface area contributed by atoms with E-state index < -0.39 is 5.97 Å². The first kappa shape index (κ1) is 19.2. The molecule has 6 nitrogen and oxygen atoms in total. The molecule has 0 radical (unpaired) electrons. The van der Waals surface area contributed by atoms with Crippen LogP contribution in [0.2, 0.25) is 0 Å². The van der Waals surface area contributed by atoms with Crippen LogP contribution in [-0.4, -0.2) is 22.5 Å². The summed E-state index contributed by atoms with van der Waals surface area (Å²) in [7, 11) is 0. The molecule has 28 heavy (non-hydrogen) atoms. The summed E-state index contributed by atoms with van der Waals surface area (Å²) >= 11 is 0. The Morgan fingerprint density at radius 3 is 2.64 bits per heavy atom. The third-order valence-electron chi connectivity index (χ3n) is 4.31. The summed E-state index contributed by atoms with van der Waals surface area (Å²) in [6, 6.07) is 11.4. The van der Waals surface area contributed by atoms with Crippen LogP contribution in [0.25, 0.3) is 22.7 Å². The standard InChI is InChI=1S/C22H21N3O3/c1-5-27-21-11-16(6-7-20(21)28-15(4)26)10-17(12-23)22-24-18-8-13(2)14(3)9-19(18)25-22/h6-11H,5H2,1-4H3,(H,24,25)/b17-10+. The average Bonchev–Trinajstić information content (AvgIpc) is 3.04. The van der Waals surface area contributed by atoms with Crippen molar-refractivity contribution in [3.8, 4) is 17.6 Å². The van der Waals surface area contributed by atoms with Gasteiger partial charge in [-0.3, -0.25) is 4.79 Å². The van der Waals surface area contributed by atoms with Gasteiger partial charge in [-0.2, -0.15) is 5.26 Å². The first-order valence-corrected chi connectivity index (χ1v) is 8.95. The number of aromatic amines is 1. The molecule has 2 aromatic carbocycles. The third-order valence-corrected chi connectivity index (χ3v) is 4.31. The molecule has 0 aliphatic rings. The van der Waals surface area contributed by atoms with Gasteiger partial charge in [0.15, 0.2) is 11.5 Å². The second kappa shape index (κ2) is 7.97. The number of allylic oxidation sites excluding steroid dienone is 1. The number of nitrogens with one attached hydrogen (secondary N) is 1. The maximum absolute atomic E-state index is 11.3. The van der Waals surface area contributed by atoms with Gasteiger partial charge in [-0.25, -0.2) is 4.98 Å². The number of hydrogen-bond donors (Lipinski definition) is 1. The van der Waals surface area contributed by atoms with Crippen molar-refractivity contribution in [3.63, 3.8) is 0 Å². The number of carbonyl (C=O) groups is 1. The number of fused-ring (bicyclic) bond motifs is 1. The number of H-pyrrole nitrogens is 1. The van der Waals surface area contributed by atoms with Crippen LogP contribution in [0.1, 0.15) is 36.4 Å². The molecule has 0 atom stereocenters. The lowest BCUT2D eigenvalue weighted by molar-refractivity contribution is -0.132. The number of aromatic nitrogens is 2. The molecule has 1 heterocycles. The van der Waals surface area contributed by atoms with Crippen LogP contribution in [0.4, 0.5) is 0 Å². The Kier molecular flexibility index (Phi) is 5.46. The van der Waals surface area contributed by atoms with E-state index in [2.05, 4.69) is 16.0 Å². The summed E-state index contributed by atoms with van der Waals surface area (Å²) < 4.78 is 10.7. The van der Waals surface area contributed by atoms with Gasteiger partial charge in [0.25, 0.3) is 0 Å². The number of aryl methyl sites for hydroxylation is 2. The van der Waals surface area contributed by atoms with E-state index in [4.69, 9.17) is 9.47 Å². The molecule has 0 saturated carbocycles. The van der Waals surface area contributed by atoms with Gasteiger partial charge in [-0.05, 0) is 67.8 Å². The summed E-state index contributed by atoms with van der Waals surface area (Å²) in [5, 5.41) is 9.64. The molecule has 0 fully saturated rings. The SMILES string of the molecule is CCOc1cc(/C=C(\C#N)c2nc3cc(C)c(C)cc3[nH]2)ccc1OC(C)=O. The van der Waals surface area contributed by atoms with E-state index in [-0.39, 0.29) is 0 Å². The Labute approximate surface area is 163 Å². The van der Waals surface area contributed by atoms with Gasteiger partial charge >= 0.3 is 5.97 Å².